The Morgan fingerprint density at radius 1 is 1.18 bits per heavy atom. The first-order valence-electron chi connectivity index (χ1n) is 5.15. The third-order valence-corrected chi connectivity index (χ3v) is 1.77. The molecule has 0 radical (unpaired) electrons. The minimum atomic E-state index is -1.54. The van der Waals surface area contributed by atoms with E-state index in [1.165, 1.54) is 24.3 Å². The molecule has 0 atom stereocenters. The van der Waals surface area contributed by atoms with Gasteiger partial charge in [-0.3, -0.25) is 0 Å². The SMILES string of the molecule is CC(C)(C)OC(=O)Oc1ccc(B(O)O)cc1. The molecule has 0 aromatic heterocycles. The maximum Gasteiger partial charge on any atom is 0.514 e. The van der Waals surface area contributed by atoms with Gasteiger partial charge in [-0.1, -0.05) is 12.1 Å². The lowest BCUT2D eigenvalue weighted by Crippen LogP contribution is -2.29. The standard InChI is InChI=1S/C11H15BO5/c1-11(2,3)17-10(13)16-9-6-4-8(5-7-9)12(14)15/h4-7,14-15H,1-3H3. The number of hydrogen-bond acceptors (Lipinski definition) is 5. The van der Waals surface area contributed by atoms with Crippen molar-refractivity contribution in [3.8, 4) is 5.75 Å². The highest BCUT2D eigenvalue weighted by atomic mass is 16.7. The molecule has 1 rings (SSSR count). The first-order chi connectivity index (χ1) is 7.78. The minimum Gasteiger partial charge on any atom is -0.428 e. The van der Waals surface area contributed by atoms with Crippen molar-refractivity contribution in [3.63, 3.8) is 0 Å². The van der Waals surface area contributed by atoms with Gasteiger partial charge in [0.1, 0.15) is 11.4 Å². The fourth-order valence-electron chi connectivity index (χ4n) is 1.08. The van der Waals surface area contributed by atoms with Gasteiger partial charge in [0.2, 0.25) is 0 Å². The fraction of sp³-hybridized carbons (Fsp3) is 0.364. The molecule has 0 bridgehead atoms. The van der Waals surface area contributed by atoms with Crippen molar-refractivity contribution in [1.29, 1.82) is 0 Å². The maximum absolute atomic E-state index is 11.3. The third kappa shape index (κ3) is 4.88. The van der Waals surface area contributed by atoms with Crippen LogP contribution in [-0.2, 0) is 4.74 Å². The third-order valence-electron chi connectivity index (χ3n) is 1.77. The Morgan fingerprint density at radius 2 is 1.71 bits per heavy atom. The monoisotopic (exact) mass is 238 g/mol. The minimum absolute atomic E-state index is 0.281. The molecule has 0 saturated carbocycles. The molecule has 5 nitrogen and oxygen atoms in total. The predicted octanol–water partition coefficient (Wildman–Crippen LogP) is 0.680. The van der Waals surface area contributed by atoms with Crippen LogP contribution in [-0.4, -0.2) is 28.9 Å². The summed E-state index contributed by atoms with van der Waals surface area (Å²) >= 11 is 0. The van der Waals surface area contributed by atoms with E-state index in [0.29, 0.717) is 5.46 Å². The molecular formula is C11H15BO5. The molecule has 1 aromatic carbocycles. The van der Waals surface area contributed by atoms with E-state index in [-0.39, 0.29) is 5.75 Å². The van der Waals surface area contributed by atoms with Gasteiger partial charge >= 0.3 is 13.3 Å². The molecule has 17 heavy (non-hydrogen) atoms. The molecule has 6 heteroatoms. The second kappa shape index (κ2) is 5.20. The zero-order valence-corrected chi connectivity index (χ0v) is 10.0. The van der Waals surface area contributed by atoms with Crippen LogP contribution < -0.4 is 10.2 Å². The number of ether oxygens (including phenoxy) is 2. The van der Waals surface area contributed by atoms with Crippen LogP contribution in [0.5, 0.6) is 5.75 Å². The molecule has 0 spiro atoms. The number of carbonyl (C=O) groups is 1. The molecule has 0 saturated heterocycles. The van der Waals surface area contributed by atoms with Gasteiger partial charge in [0.25, 0.3) is 0 Å². The smallest absolute Gasteiger partial charge is 0.428 e. The summed E-state index contributed by atoms with van der Waals surface area (Å²) in [7, 11) is -1.54. The van der Waals surface area contributed by atoms with Crippen molar-refractivity contribution >= 4 is 18.7 Å². The second-order valence-electron chi connectivity index (χ2n) is 4.51. The molecule has 92 valence electrons. The molecular weight excluding hydrogens is 223 g/mol. The lowest BCUT2D eigenvalue weighted by molar-refractivity contribution is 0.0206. The van der Waals surface area contributed by atoms with E-state index < -0.39 is 18.9 Å². The van der Waals surface area contributed by atoms with Crippen LogP contribution in [0.25, 0.3) is 0 Å². The highest BCUT2D eigenvalue weighted by Gasteiger charge is 2.18. The average Bonchev–Trinajstić information content (AvgIpc) is 2.15. The van der Waals surface area contributed by atoms with E-state index in [1.54, 1.807) is 20.8 Å². The van der Waals surface area contributed by atoms with Crippen molar-refractivity contribution in [3.05, 3.63) is 24.3 Å². The largest absolute Gasteiger partial charge is 0.514 e. The van der Waals surface area contributed by atoms with E-state index >= 15 is 0 Å². The summed E-state index contributed by atoms with van der Waals surface area (Å²) in [6.07, 6.45) is -0.796. The van der Waals surface area contributed by atoms with Gasteiger partial charge in [-0.2, -0.15) is 0 Å². The lowest BCUT2D eigenvalue weighted by atomic mass is 9.80. The summed E-state index contributed by atoms with van der Waals surface area (Å²) in [5, 5.41) is 17.7. The van der Waals surface area contributed by atoms with E-state index in [9.17, 15) is 4.79 Å². The Bertz CT molecular complexity index is 380. The zero-order valence-electron chi connectivity index (χ0n) is 10.0. The van der Waals surface area contributed by atoms with Crippen molar-refractivity contribution < 1.29 is 24.3 Å². The Labute approximate surface area is 100 Å². The molecule has 2 N–H and O–H groups in total. The van der Waals surface area contributed by atoms with E-state index in [1.807, 2.05) is 0 Å². The Kier molecular flexibility index (Phi) is 4.14. The first kappa shape index (κ1) is 13.5. The number of benzene rings is 1. The van der Waals surface area contributed by atoms with Gasteiger partial charge in [-0.05, 0) is 38.4 Å². The van der Waals surface area contributed by atoms with Crippen LogP contribution in [0.1, 0.15) is 20.8 Å². The molecule has 0 aliphatic rings. The van der Waals surface area contributed by atoms with E-state index in [4.69, 9.17) is 19.5 Å². The van der Waals surface area contributed by atoms with Crippen LogP contribution in [0.2, 0.25) is 0 Å². The first-order valence-corrected chi connectivity index (χ1v) is 5.15. The van der Waals surface area contributed by atoms with Crippen LogP contribution >= 0.6 is 0 Å². The van der Waals surface area contributed by atoms with E-state index in [0.717, 1.165) is 0 Å². The topological polar surface area (TPSA) is 76.0 Å². The van der Waals surface area contributed by atoms with Gasteiger partial charge in [0.15, 0.2) is 0 Å². The molecule has 0 aliphatic heterocycles. The van der Waals surface area contributed by atoms with Gasteiger partial charge in [-0.25, -0.2) is 4.79 Å². The Morgan fingerprint density at radius 3 is 2.12 bits per heavy atom. The summed E-state index contributed by atoms with van der Waals surface area (Å²) in [6.45, 7) is 5.21. The van der Waals surface area contributed by atoms with Gasteiger partial charge < -0.3 is 19.5 Å². The van der Waals surface area contributed by atoms with Crippen molar-refractivity contribution in [2.75, 3.05) is 0 Å². The van der Waals surface area contributed by atoms with Gasteiger partial charge in [-0.15, -0.1) is 0 Å². The average molecular weight is 238 g/mol. The Hall–Kier alpha value is -1.53. The van der Waals surface area contributed by atoms with Crippen LogP contribution in [0, 0.1) is 0 Å². The van der Waals surface area contributed by atoms with Crippen molar-refractivity contribution in [1.82, 2.24) is 0 Å². The summed E-state index contributed by atoms with van der Waals surface area (Å²) < 4.78 is 9.86. The quantitative estimate of drug-likeness (QED) is 0.450. The van der Waals surface area contributed by atoms with Crippen LogP contribution in [0.4, 0.5) is 4.79 Å². The number of carbonyl (C=O) groups excluding carboxylic acids is 1. The fourth-order valence-corrected chi connectivity index (χ4v) is 1.08. The maximum atomic E-state index is 11.3. The zero-order chi connectivity index (χ0) is 13.1. The normalized spacial score (nSPS) is 10.9. The van der Waals surface area contributed by atoms with Gasteiger partial charge in [0, 0.05) is 0 Å². The van der Waals surface area contributed by atoms with Crippen LogP contribution in [0.3, 0.4) is 0 Å². The summed E-state index contributed by atoms with van der Waals surface area (Å²) in [5.74, 6) is 0.281. The van der Waals surface area contributed by atoms with Crippen molar-refractivity contribution in [2.24, 2.45) is 0 Å². The summed E-state index contributed by atoms with van der Waals surface area (Å²) in [4.78, 5) is 11.3. The number of rotatable bonds is 2. The molecule has 0 amide bonds. The summed E-state index contributed by atoms with van der Waals surface area (Å²) in [5.41, 5.74) is -0.292. The highest BCUT2D eigenvalue weighted by molar-refractivity contribution is 6.58. The summed E-state index contributed by atoms with van der Waals surface area (Å²) in [6, 6.07) is 5.81. The Balaban J connectivity index is 2.61. The van der Waals surface area contributed by atoms with Gasteiger partial charge in [0.05, 0.1) is 0 Å². The lowest BCUT2D eigenvalue weighted by Gasteiger charge is -2.18. The molecule has 0 fully saturated rings. The number of hydrogen-bond donors (Lipinski definition) is 2. The van der Waals surface area contributed by atoms with Crippen molar-refractivity contribution in [2.45, 2.75) is 26.4 Å². The van der Waals surface area contributed by atoms with E-state index in [2.05, 4.69) is 0 Å². The predicted molar refractivity (Wildman–Crippen MR) is 63.1 cm³/mol. The molecule has 0 unspecified atom stereocenters. The molecule has 0 heterocycles. The highest BCUT2D eigenvalue weighted by Crippen LogP contribution is 2.12. The molecule has 1 aromatic rings. The van der Waals surface area contributed by atoms with Crippen LogP contribution in [0.15, 0.2) is 24.3 Å². The second-order valence-corrected chi connectivity index (χ2v) is 4.51. The molecule has 0 aliphatic carbocycles.